The van der Waals surface area contributed by atoms with E-state index in [1.54, 1.807) is 6.20 Å². The highest BCUT2D eigenvalue weighted by Gasteiger charge is 2.37. The second-order valence-corrected chi connectivity index (χ2v) is 10.5. The van der Waals surface area contributed by atoms with E-state index in [1.807, 2.05) is 24.4 Å². The van der Waals surface area contributed by atoms with Crippen molar-refractivity contribution < 1.29 is 18.7 Å². The maximum atomic E-state index is 15.6. The normalized spacial score (nSPS) is 17.8. The monoisotopic (exact) mass is 512 g/mol. The van der Waals surface area contributed by atoms with Crippen molar-refractivity contribution in [2.75, 3.05) is 6.54 Å². The molecule has 194 valence electrons. The van der Waals surface area contributed by atoms with E-state index in [0.29, 0.717) is 12.5 Å². The second kappa shape index (κ2) is 10.5. The predicted molar refractivity (Wildman–Crippen MR) is 147 cm³/mol. The molecule has 2 heterocycles. The topological polar surface area (TPSA) is 53.4 Å². The number of aromatic nitrogens is 1. The Morgan fingerprint density at radius 1 is 1.05 bits per heavy atom. The van der Waals surface area contributed by atoms with Crippen LogP contribution in [-0.4, -0.2) is 33.5 Å². The zero-order chi connectivity index (χ0) is 27.0. The molecular weight excluding hydrogens is 482 g/mol. The molecule has 5 rings (SSSR count). The van der Waals surface area contributed by atoms with Crippen molar-refractivity contribution in [3.05, 3.63) is 107 Å². The molecule has 0 fully saturated rings. The Hall–Kier alpha value is -3.90. The summed E-state index contributed by atoms with van der Waals surface area (Å²) < 4.78 is 31.2. The van der Waals surface area contributed by atoms with E-state index < -0.39 is 23.6 Å². The molecule has 0 spiro atoms. The lowest BCUT2D eigenvalue weighted by molar-refractivity contribution is -0.131. The van der Waals surface area contributed by atoms with Crippen molar-refractivity contribution in [2.24, 2.45) is 5.92 Å². The van der Waals surface area contributed by atoms with Gasteiger partial charge in [0.1, 0.15) is 11.6 Å². The zero-order valence-electron chi connectivity index (χ0n) is 21.7. The number of nitrogens with zero attached hydrogens (tertiary/aromatic N) is 2. The van der Waals surface area contributed by atoms with Gasteiger partial charge >= 0.3 is 5.97 Å². The Morgan fingerprint density at radius 2 is 1.76 bits per heavy atom. The molecular formula is C32H30F2N2O2. The van der Waals surface area contributed by atoms with Gasteiger partial charge in [-0.15, -0.1) is 0 Å². The van der Waals surface area contributed by atoms with E-state index in [1.165, 1.54) is 18.2 Å². The van der Waals surface area contributed by atoms with Crippen LogP contribution in [0, 0.1) is 17.6 Å². The van der Waals surface area contributed by atoms with Gasteiger partial charge < -0.3 is 5.11 Å². The first-order valence-corrected chi connectivity index (χ1v) is 12.8. The molecule has 2 atom stereocenters. The number of carboxylic acid groups (broad SMARTS) is 1. The summed E-state index contributed by atoms with van der Waals surface area (Å²) in [7, 11) is 0. The number of carbonyl (C=O) groups is 1. The molecule has 0 saturated carbocycles. The molecule has 0 saturated heterocycles. The maximum absolute atomic E-state index is 15.6. The number of benzene rings is 3. The van der Waals surface area contributed by atoms with Crippen molar-refractivity contribution >= 4 is 22.8 Å². The van der Waals surface area contributed by atoms with E-state index in [2.05, 4.69) is 54.9 Å². The van der Waals surface area contributed by atoms with E-state index in [-0.39, 0.29) is 17.2 Å². The average molecular weight is 513 g/mol. The van der Waals surface area contributed by atoms with Crippen molar-refractivity contribution in [3.8, 4) is 11.1 Å². The summed E-state index contributed by atoms with van der Waals surface area (Å²) in [5, 5.41) is 11.1. The first-order chi connectivity index (χ1) is 18.2. The molecule has 1 aliphatic rings. The minimum atomic E-state index is -1.17. The van der Waals surface area contributed by atoms with Crippen LogP contribution in [0.3, 0.4) is 0 Å². The van der Waals surface area contributed by atoms with Gasteiger partial charge in [0.15, 0.2) is 0 Å². The molecule has 1 aliphatic heterocycles. The van der Waals surface area contributed by atoms with E-state index in [9.17, 15) is 4.79 Å². The Bertz CT molecular complexity index is 1520. The predicted octanol–water partition coefficient (Wildman–Crippen LogP) is 7.27. The summed E-state index contributed by atoms with van der Waals surface area (Å²) in [5.41, 5.74) is 4.27. The molecule has 0 bridgehead atoms. The molecule has 0 amide bonds. The number of carboxylic acids is 1. The average Bonchev–Trinajstić information content (AvgIpc) is 2.88. The van der Waals surface area contributed by atoms with Gasteiger partial charge in [-0.25, -0.2) is 13.6 Å². The number of halogens is 2. The zero-order valence-corrected chi connectivity index (χ0v) is 21.7. The van der Waals surface area contributed by atoms with E-state index in [4.69, 9.17) is 5.11 Å². The summed E-state index contributed by atoms with van der Waals surface area (Å²) in [6.07, 6.45) is 6.47. The van der Waals surface area contributed by atoms with Crippen LogP contribution in [0.1, 0.15) is 49.1 Å². The number of pyridine rings is 1. The van der Waals surface area contributed by atoms with Gasteiger partial charge in [-0.05, 0) is 82.8 Å². The summed E-state index contributed by atoms with van der Waals surface area (Å²) >= 11 is 0. The lowest BCUT2D eigenvalue weighted by Gasteiger charge is -2.43. The molecule has 1 aromatic heterocycles. The highest BCUT2D eigenvalue weighted by molar-refractivity contribution is 5.87. The summed E-state index contributed by atoms with van der Waals surface area (Å²) in [4.78, 5) is 17.3. The van der Waals surface area contributed by atoms with E-state index in [0.717, 1.165) is 45.5 Å². The van der Waals surface area contributed by atoms with Crippen LogP contribution in [0.4, 0.5) is 8.78 Å². The molecule has 4 aromatic rings. The van der Waals surface area contributed by atoms with Gasteiger partial charge in [-0.1, -0.05) is 44.2 Å². The van der Waals surface area contributed by atoms with Gasteiger partial charge in [0.05, 0.1) is 6.04 Å². The van der Waals surface area contributed by atoms with Crippen LogP contribution in [0.5, 0.6) is 0 Å². The molecule has 3 aromatic carbocycles. The largest absolute Gasteiger partial charge is 0.478 e. The smallest absolute Gasteiger partial charge is 0.328 e. The molecule has 38 heavy (non-hydrogen) atoms. The number of rotatable bonds is 6. The van der Waals surface area contributed by atoms with Gasteiger partial charge in [0.25, 0.3) is 0 Å². The van der Waals surface area contributed by atoms with Crippen molar-refractivity contribution in [3.63, 3.8) is 0 Å². The molecule has 0 radical (unpaired) electrons. The Labute approximate surface area is 221 Å². The van der Waals surface area contributed by atoms with Crippen LogP contribution in [0.15, 0.2) is 73.1 Å². The first kappa shape index (κ1) is 25.7. The van der Waals surface area contributed by atoms with Crippen LogP contribution in [-0.2, 0) is 11.2 Å². The molecule has 6 heteroatoms. The molecule has 4 nitrogen and oxygen atoms in total. The van der Waals surface area contributed by atoms with Crippen LogP contribution < -0.4 is 0 Å². The van der Waals surface area contributed by atoms with Gasteiger partial charge in [-0.3, -0.25) is 9.88 Å². The van der Waals surface area contributed by atoms with Gasteiger partial charge in [0.2, 0.25) is 0 Å². The third-order valence-electron chi connectivity index (χ3n) is 7.19. The molecule has 0 unspecified atom stereocenters. The second-order valence-electron chi connectivity index (χ2n) is 10.5. The Kier molecular flexibility index (Phi) is 7.09. The van der Waals surface area contributed by atoms with Gasteiger partial charge in [-0.2, -0.15) is 0 Å². The van der Waals surface area contributed by atoms with Crippen molar-refractivity contribution in [2.45, 2.75) is 39.3 Å². The Balaban J connectivity index is 1.62. The lowest BCUT2D eigenvalue weighted by Crippen LogP contribution is -2.45. The lowest BCUT2D eigenvalue weighted by atomic mass is 9.82. The van der Waals surface area contributed by atoms with Gasteiger partial charge in [0, 0.05) is 42.0 Å². The Morgan fingerprint density at radius 3 is 2.47 bits per heavy atom. The third kappa shape index (κ3) is 5.09. The number of hydrogen-bond acceptors (Lipinski definition) is 3. The van der Waals surface area contributed by atoms with Crippen LogP contribution >= 0.6 is 0 Å². The fourth-order valence-electron chi connectivity index (χ4n) is 5.52. The minimum Gasteiger partial charge on any atom is -0.478 e. The van der Waals surface area contributed by atoms with Crippen LogP contribution in [0.25, 0.3) is 28.0 Å². The minimum absolute atomic E-state index is 0.00289. The number of aliphatic carboxylic acids is 1. The summed E-state index contributed by atoms with van der Waals surface area (Å²) in [6, 6.07) is 16.3. The highest BCUT2D eigenvalue weighted by Crippen LogP contribution is 2.42. The maximum Gasteiger partial charge on any atom is 0.328 e. The quantitative estimate of drug-likeness (QED) is 0.276. The molecule has 0 aliphatic carbocycles. The first-order valence-electron chi connectivity index (χ1n) is 12.8. The highest BCUT2D eigenvalue weighted by atomic mass is 19.1. The third-order valence-corrected chi connectivity index (χ3v) is 7.19. The van der Waals surface area contributed by atoms with Crippen molar-refractivity contribution in [1.29, 1.82) is 0 Å². The summed E-state index contributed by atoms with van der Waals surface area (Å²) in [5.74, 6) is -2.23. The number of fused-ring (bicyclic) bond motifs is 2. The number of hydrogen-bond donors (Lipinski definition) is 1. The fourth-order valence-corrected chi connectivity index (χ4v) is 5.52. The van der Waals surface area contributed by atoms with Crippen molar-refractivity contribution in [1.82, 2.24) is 9.88 Å². The standard InChI is InChI=1S/C32H30F2N2O2/c1-19(2)18-36-20(3)12-26-16-23(22-5-6-25-17-35-11-10-24(25)15-22)7-8-27(26)32(36)31-28(33)13-21(14-29(31)34)4-9-30(37)38/h4-11,13-17,19-20,32H,12,18H2,1-3H3,(H,37,38)/b9-4+/t20-,32+/m0/s1. The SMILES string of the molecule is CC(C)CN1[C@@H](c2c(F)cc(/C=C/C(=O)O)cc2F)c2ccc(-c3ccc4cnccc4c3)cc2C[C@@H]1C. The van der Waals surface area contributed by atoms with E-state index >= 15 is 8.78 Å². The summed E-state index contributed by atoms with van der Waals surface area (Å²) in [6.45, 7) is 6.99. The fraction of sp³-hybridized carbons (Fsp3) is 0.250. The van der Waals surface area contributed by atoms with Crippen LogP contribution in [0.2, 0.25) is 0 Å². The molecule has 1 N–H and O–H groups in total.